The molecule has 0 radical (unpaired) electrons. The highest BCUT2D eigenvalue weighted by Crippen LogP contribution is 2.31. The highest BCUT2D eigenvalue weighted by Gasteiger charge is 2.43. The van der Waals surface area contributed by atoms with Gasteiger partial charge in [0.1, 0.15) is 18.0 Å². The molecule has 1 saturated heterocycles. The van der Waals surface area contributed by atoms with Crippen LogP contribution in [-0.4, -0.2) is 56.7 Å². The van der Waals surface area contributed by atoms with Crippen LogP contribution in [0.1, 0.15) is 18.0 Å². The van der Waals surface area contributed by atoms with E-state index >= 15 is 0 Å². The maximum atomic E-state index is 10.1. The third-order valence-electron chi connectivity index (χ3n) is 3.88. The van der Waals surface area contributed by atoms with Gasteiger partial charge in [0.25, 0.3) is 0 Å². The van der Waals surface area contributed by atoms with Gasteiger partial charge in [-0.05, 0) is 24.1 Å². The summed E-state index contributed by atoms with van der Waals surface area (Å²) >= 11 is 0. The summed E-state index contributed by atoms with van der Waals surface area (Å²) in [6.45, 7) is -0.494. The highest BCUT2D eigenvalue weighted by atomic mass is 16.6. The molecule has 0 bridgehead atoms. The van der Waals surface area contributed by atoms with Gasteiger partial charge in [0.05, 0.1) is 12.7 Å². The van der Waals surface area contributed by atoms with Gasteiger partial charge >= 0.3 is 0 Å². The summed E-state index contributed by atoms with van der Waals surface area (Å²) < 4.78 is 5.09. The van der Waals surface area contributed by atoms with E-state index in [9.17, 15) is 20.4 Å². The Hall–Kier alpha value is -1.22. The molecule has 118 valence electrons. The Morgan fingerprint density at radius 2 is 1.71 bits per heavy atom. The number of benzene rings is 1. The van der Waals surface area contributed by atoms with E-state index in [0.717, 1.165) is 5.56 Å². The van der Waals surface area contributed by atoms with Gasteiger partial charge in [0.15, 0.2) is 6.29 Å². The summed E-state index contributed by atoms with van der Waals surface area (Å²) in [7, 11) is 0. The van der Waals surface area contributed by atoms with Crippen LogP contribution in [0, 0.1) is 5.92 Å². The molecule has 1 aliphatic heterocycles. The Morgan fingerprint density at radius 1 is 1.10 bits per heavy atom. The van der Waals surface area contributed by atoms with Gasteiger partial charge in [0.2, 0.25) is 0 Å². The third kappa shape index (κ3) is 3.52. The van der Waals surface area contributed by atoms with Crippen molar-refractivity contribution in [3.63, 3.8) is 0 Å². The summed E-state index contributed by atoms with van der Waals surface area (Å²) in [4.78, 5) is 0. The van der Waals surface area contributed by atoms with Gasteiger partial charge in [-0.3, -0.25) is 0 Å². The first-order chi connectivity index (χ1) is 9.93. The zero-order valence-corrected chi connectivity index (χ0v) is 11.4. The molecule has 0 aliphatic carbocycles. The topological polar surface area (TPSA) is 136 Å². The standard InChI is InChI=1S/C14H21NO6/c15-10(7-1-3-8(17)4-2-7)5-9-12(18)13(19)11(6-16)21-14(9)20/h1-4,9-14,16-20H,5-6,15H2/t9-,10?,11-,12-,13-,14?/m1/s1. The normalized spacial score (nSPS) is 34.6. The van der Waals surface area contributed by atoms with Crippen LogP contribution in [0.2, 0.25) is 0 Å². The quantitative estimate of drug-likeness (QED) is 0.412. The number of hydrogen-bond donors (Lipinski definition) is 6. The van der Waals surface area contributed by atoms with Crippen LogP contribution in [0.5, 0.6) is 5.75 Å². The largest absolute Gasteiger partial charge is 0.508 e. The van der Waals surface area contributed by atoms with Gasteiger partial charge in [-0.15, -0.1) is 0 Å². The number of aliphatic hydroxyl groups is 4. The molecule has 2 rings (SSSR count). The number of nitrogens with two attached hydrogens (primary N) is 1. The van der Waals surface area contributed by atoms with Crippen LogP contribution in [0.3, 0.4) is 0 Å². The number of phenols is 1. The first-order valence-electron chi connectivity index (χ1n) is 6.79. The van der Waals surface area contributed by atoms with Crippen molar-refractivity contribution < 1.29 is 30.3 Å². The Balaban J connectivity index is 2.05. The fourth-order valence-corrected chi connectivity index (χ4v) is 2.56. The smallest absolute Gasteiger partial charge is 0.160 e. The number of aliphatic hydroxyl groups excluding tert-OH is 4. The van der Waals surface area contributed by atoms with E-state index in [4.69, 9.17) is 15.6 Å². The van der Waals surface area contributed by atoms with E-state index in [0.29, 0.717) is 0 Å². The third-order valence-corrected chi connectivity index (χ3v) is 3.88. The van der Waals surface area contributed by atoms with Crippen molar-refractivity contribution in [1.29, 1.82) is 0 Å². The van der Waals surface area contributed by atoms with E-state index < -0.39 is 43.2 Å². The zero-order chi connectivity index (χ0) is 15.6. The SMILES string of the molecule is NC(C[C@H]1C(O)O[C@H](CO)[C@@H](O)[C@@H]1O)c1ccc(O)cc1. The Morgan fingerprint density at radius 3 is 2.29 bits per heavy atom. The fraction of sp³-hybridized carbons (Fsp3) is 0.571. The molecule has 21 heavy (non-hydrogen) atoms. The lowest BCUT2D eigenvalue weighted by Crippen LogP contribution is -2.56. The number of aromatic hydroxyl groups is 1. The van der Waals surface area contributed by atoms with Crippen molar-refractivity contribution in [1.82, 2.24) is 0 Å². The van der Waals surface area contributed by atoms with E-state index in [1.165, 1.54) is 12.1 Å². The van der Waals surface area contributed by atoms with Crippen LogP contribution < -0.4 is 5.73 Å². The molecule has 7 nitrogen and oxygen atoms in total. The van der Waals surface area contributed by atoms with Gasteiger partial charge in [0, 0.05) is 12.0 Å². The summed E-state index contributed by atoms with van der Waals surface area (Å²) in [5, 5.41) is 48.0. The van der Waals surface area contributed by atoms with Gasteiger partial charge in [-0.2, -0.15) is 0 Å². The summed E-state index contributed by atoms with van der Waals surface area (Å²) in [6.07, 6.45) is -4.67. The van der Waals surface area contributed by atoms with Gasteiger partial charge < -0.3 is 36.0 Å². The van der Waals surface area contributed by atoms with Crippen molar-refractivity contribution in [3.05, 3.63) is 29.8 Å². The molecular formula is C14H21NO6. The molecule has 6 atom stereocenters. The molecule has 1 heterocycles. The van der Waals surface area contributed by atoms with Crippen molar-refractivity contribution >= 4 is 0 Å². The van der Waals surface area contributed by atoms with Crippen LogP contribution in [0.25, 0.3) is 0 Å². The molecule has 7 heteroatoms. The second-order valence-electron chi connectivity index (χ2n) is 5.33. The molecule has 0 aromatic heterocycles. The lowest BCUT2D eigenvalue weighted by Gasteiger charge is -2.41. The number of ether oxygens (including phenoxy) is 1. The minimum atomic E-state index is -1.32. The predicted molar refractivity (Wildman–Crippen MR) is 73.1 cm³/mol. The van der Waals surface area contributed by atoms with E-state index in [-0.39, 0.29) is 12.2 Å². The average molecular weight is 299 g/mol. The first kappa shape index (κ1) is 16.2. The molecule has 0 spiro atoms. The number of rotatable bonds is 4. The van der Waals surface area contributed by atoms with E-state index in [1.54, 1.807) is 12.1 Å². The van der Waals surface area contributed by atoms with Gasteiger partial charge in [-0.25, -0.2) is 0 Å². The molecule has 0 amide bonds. The van der Waals surface area contributed by atoms with Crippen molar-refractivity contribution in [2.24, 2.45) is 11.7 Å². The number of hydrogen-bond acceptors (Lipinski definition) is 7. The molecule has 7 N–H and O–H groups in total. The van der Waals surface area contributed by atoms with Crippen LogP contribution >= 0.6 is 0 Å². The molecule has 0 saturated carbocycles. The van der Waals surface area contributed by atoms with Crippen LogP contribution in [0.15, 0.2) is 24.3 Å². The van der Waals surface area contributed by atoms with Crippen LogP contribution in [-0.2, 0) is 4.74 Å². The Kier molecular flexibility index (Phi) is 5.15. The first-order valence-corrected chi connectivity index (χ1v) is 6.79. The molecule has 1 aromatic carbocycles. The molecule has 1 aromatic rings. The zero-order valence-electron chi connectivity index (χ0n) is 11.4. The lowest BCUT2D eigenvalue weighted by atomic mass is 9.85. The van der Waals surface area contributed by atoms with Crippen molar-refractivity contribution in [2.75, 3.05) is 6.61 Å². The van der Waals surface area contributed by atoms with Crippen molar-refractivity contribution in [2.45, 2.75) is 37.1 Å². The summed E-state index contributed by atoms with van der Waals surface area (Å²) in [5.74, 6) is -0.653. The second kappa shape index (κ2) is 6.69. The lowest BCUT2D eigenvalue weighted by molar-refractivity contribution is -0.271. The van der Waals surface area contributed by atoms with Gasteiger partial charge in [-0.1, -0.05) is 12.1 Å². The van der Waals surface area contributed by atoms with Crippen LogP contribution in [0.4, 0.5) is 0 Å². The van der Waals surface area contributed by atoms with Crippen molar-refractivity contribution in [3.8, 4) is 5.75 Å². The predicted octanol–water partition coefficient (Wildman–Crippen LogP) is -1.17. The molecule has 1 fully saturated rings. The van der Waals surface area contributed by atoms with E-state index in [1.807, 2.05) is 0 Å². The minimum Gasteiger partial charge on any atom is -0.508 e. The number of phenolic OH excluding ortho intramolecular Hbond substituents is 1. The Bertz CT molecular complexity index is 453. The fourth-order valence-electron chi connectivity index (χ4n) is 2.56. The Labute approximate surface area is 122 Å². The summed E-state index contributed by atoms with van der Waals surface area (Å²) in [5.41, 5.74) is 6.75. The average Bonchev–Trinajstić information content (AvgIpc) is 2.47. The molecule has 1 aliphatic rings. The second-order valence-corrected chi connectivity index (χ2v) is 5.33. The molecule has 2 unspecified atom stereocenters. The highest BCUT2D eigenvalue weighted by molar-refractivity contribution is 5.27. The maximum absolute atomic E-state index is 10.1. The summed E-state index contributed by atoms with van der Waals surface area (Å²) in [6, 6.07) is 5.79. The maximum Gasteiger partial charge on any atom is 0.160 e. The monoisotopic (exact) mass is 299 g/mol. The minimum absolute atomic E-state index is 0.119. The molecular weight excluding hydrogens is 278 g/mol. The van der Waals surface area contributed by atoms with E-state index in [2.05, 4.69) is 0 Å².